The number of aromatic nitrogens is 2. The lowest BCUT2D eigenvalue weighted by molar-refractivity contribution is -0.654. The highest BCUT2D eigenvalue weighted by Gasteiger charge is 2.28. The molecule has 0 saturated carbocycles. The first-order valence-corrected chi connectivity index (χ1v) is 7.50. The highest BCUT2D eigenvalue weighted by Crippen LogP contribution is 2.21. The SMILES string of the molecule is Cc1ccccc1C(=O)Cn1c(OC(F)F)[n+](C)c2ccccc21.[Br-]. The molecule has 0 amide bonds. The van der Waals surface area contributed by atoms with Gasteiger partial charge in [0, 0.05) is 5.56 Å². The predicted molar refractivity (Wildman–Crippen MR) is 85.3 cm³/mol. The number of halogens is 3. The summed E-state index contributed by atoms with van der Waals surface area (Å²) in [7, 11) is 1.63. The lowest BCUT2D eigenvalue weighted by Crippen LogP contribution is -3.00. The number of rotatable bonds is 5. The van der Waals surface area contributed by atoms with E-state index in [2.05, 4.69) is 4.74 Å². The summed E-state index contributed by atoms with van der Waals surface area (Å²) in [4.78, 5) is 12.7. The van der Waals surface area contributed by atoms with Gasteiger partial charge in [-0.3, -0.25) is 4.79 Å². The van der Waals surface area contributed by atoms with E-state index in [4.69, 9.17) is 0 Å². The van der Waals surface area contributed by atoms with Gasteiger partial charge in [0.05, 0.1) is 7.05 Å². The van der Waals surface area contributed by atoms with Gasteiger partial charge < -0.3 is 21.7 Å². The average Bonchev–Trinajstić information content (AvgIpc) is 2.81. The van der Waals surface area contributed by atoms with Gasteiger partial charge in [0.1, 0.15) is 0 Å². The van der Waals surface area contributed by atoms with Gasteiger partial charge in [0.2, 0.25) is 5.78 Å². The number of carbonyl (C=O) groups is 1. The minimum Gasteiger partial charge on any atom is -1.00 e. The van der Waals surface area contributed by atoms with Crippen LogP contribution in [0.2, 0.25) is 0 Å². The molecule has 2 aromatic carbocycles. The number of ether oxygens (including phenoxy) is 1. The first-order chi connectivity index (χ1) is 11.5. The Morgan fingerprint density at radius 1 is 1.16 bits per heavy atom. The molecule has 4 nitrogen and oxygen atoms in total. The van der Waals surface area contributed by atoms with E-state index < -0.39 is 6.61 Å². The Hall–Kier alpha value is -2.28. The van der Waals surface area contributed by atoms with Crippen molar-refractivity contribution < 1.29 is 39.9 Å². The maximum Gasteiger partial charge on any atom is 0.461 e. The van der Waals surface area contributed by atoms with Crippen LogP contribution >= 0.6 is 0 Å². The van der Waals surface area contributed by atoms with Crippen LogP contribution in [-0.2, 0) is 13.6 Å². The Labute approximate surface area is 154 Å². The number of hydrogen-bond acceptors (Lipinski definition) is 2. The number of alkyl halides is 2. The Balaban J connectivity index is 0.00000225. The maximum atomic E-state index is 12.8. The van der Waals surface area contributed by atoms with Crippen LogP contribution in [0.15, 0.2) is 48.5 Å². The second kappa shape index (κ2) is 7.74. The van der Waals surface area contributed by atoms with E-state index in [1.807, 2.05) is 25.1 Å². The van der Waals surface area contributed by atoms with Gasteiger partial charge in [-0.15, -0.1) is 0 Å². The van der Waals surface area contributed by atoms with Crippen molar-refractivity contribution in [2.24, 2.45) is 7.05 Å². The fraction of sp³-hybridized carbons (Fsp3) is 0.222. The number of aryl methyl sites for hydroxylation is 2. The molecule has 0 radical (unpaired) electrons. The van der Waals surface area contributed by atoms with E-state index in [0.717, 1.165) is 5.56 Å². The molecule has 0 aliphatic rings. The molecule has 0 fully saturated rings. The summed E-state index contributed by atoms with van der Waals surface area (Å²) in [6, 6.07) is 14.3. The van der Waals surface area contributed by atoms with Crippen LogP contribution in [0.25, 0.3) is 11.0 Å². The summed E-state index contributed by atoms with van der Waals surface area (Å²) >= 11 is 0. The summed E-state index contributed by atoms with van der Waals surface area (Å²) in [5, 5.41) is 0. The van der Waals surface area contributed by atoms with Gasteiger partial charge in [-0.2, -0.15) is 17.9 Å². The van der Waals surface area contributed by atoms with E-state index in [0.29, 0.717) is 16.6 Å². The molecule has 0 aliphatic carbocycles. The number of Topliss-reactive ketones (excluding diaryl/α,β-unsaturated/α-hetero) is 1. The molecule has 1 aromatic heterocycles. The first-order valence-electron chi connectivity index (χ1n) is 7.50. The van der Waals surface area contributed by atoms with E-state index in [9.17, 15) is 13.6 Å². The molecule has 0 spiro atoms. The number of fused-ring (bicyclic) bond motifs is 1. The molecule has 0 saturated heterocycles. The molecule has 1 heterocycles. The second-order valence-electron chi connectivity index (χ2n) is 5.53. The third kappa shape index (κ3) is 3.71. The van der Waals surface area contributed by atoms with Crippen molar-refractivity contribution >= 4 is 16.8 Å². The van der Waals surface area contributed by atoms with Gasteiger partial charge in [-0.25, -0.2) is 0 Å². The van der Waals surface area contributed by atoms with Crippen molar-refractivity contribution in [3.8, 4) is 6.01 Å². The van der Waals surface area contributed by atoms with Crippen molar-refractivity contribution in [3.63, 3.8) is 0 Å². The molecule has 132 valence electrons. The fourth-order valence-corrected chi connectivity index (χ4v) is 2.85. The lowest BCUT2D eigenvalue weighted by Gasteiger charge is -2.06. The highest BCUT2D eigenvalue weighted by atomic mass is 79.9. The van der Waals surface area contributed by atoms with Crippen molar-refractivity contribution in [1.29, 1.82) is 0 Å². The zero-order valence-electron chi connectivity index (χ0n) is 13.7. The minimum absolute atomic E-state index is 0. The smallest absolute Gasteiger partial charge is 0.461 e. The van der Waals surface area contributed by atoms with Gasteiger partial charge in [0.25, 0.3) is 0 Å². The summed E-state index contributed by atoms with van der Waals surface area (Å²) in [6.45, 7) is -1.20. The number of ketones is 1. The predicted octanol–water partition coefficient (Wildman–Crippen LogP) is 0.263. The summed E-state index contributed by atoms with van der Waals surface area (Å²) in [5.74, 6) is -0.159. The molecule has 3 rings (SSSR count). The third-order valence-electron chi connectivity index (χ3n) is 3.99. The molecule has 0 aliphatic heterocycles. The van der Waals surface area contributed by atoms with E-state index >= 15 is 0 Å². The van der Waals surface area contributed by atoms with Crippen molar-refractivity contribution in [2.45, 2.75) is 20.1 Å². The average molecular weight is 411 g/mol. The maximum absolute atomic E-state index is 12.8. The molecular formula is C18H17BrF2N2O2. The van der Waals surface area contributed by atoms with Crippen LogP contribution in [-0.4, -0.2) is 17.0 Å². The largest absolute Gasteiger partial charge is 1.00 e. The summed E-state index contributed by atoms with van der Waals surface area (Å²) in [6.07, 6.45) is 0. The molecule has 0 N–H and O–H groups in total. The quantitative estimate of drug-likeness (QED) is 0.446. The first kappa shape index (κ1) is 19.1. The second-order valence-corrected chi connectivity index (χ2v) is 5.53. The van der Waals surface area contributed by atoms with Crippen molar-refractivity contribution in [1.82, 2.24) is 4.57 Å². The van der Waals surface area contributed by atoms with Gasteiger partial charge >= 0.3 is 12.6 Å². The monoisotopic (exact) mass is 410 g/mol. The topological polar surface area (TPSA) is 35.1 Å². The zero-order valence-corrected chi connectivity index (χ0v) is 15.3. The van der Waals surface area contributed by atoms with Crippen LogP contribution in [0.4, 0.5) is 8.78 Å². The standard InChI is InChI=1S/C18H17F2N2O2.BrH/c1-12-7-3-4-8-13(12)16(23)11-22-15-10-6-5-9-14(15)21(2)18(22)24-17(19)20;/h3-10,17H,11H2,1-2H3;1H/q+1;/p-1. The van der Waals surface area contributed by atoms with Crippen LogP contribution in [0.5, 0.6) is 6.01 Å². The number of hydrogen-bond donors (Lipinski definition) is 0. The third-order valence-corrected chi connectivity index (χ3v) is 3.99. The molecule has 0 unspecified atom stereocenters. The zero-order chi connectivity index (χ0) is 17.3. The fourth-order valence-electron chi connectivity index (χ4n) is 2.85. The summed E-state index contributed by atoms with van der Waals surface area (Å²) in [5.41, 5.74) is 2.80. The highest BCUT2D eigenvalue weighted by molar-refractivity contribution is 5.97. The molecular weight excluding hydrogens is 394 g/mol. The number of imidazole rings is 1. The Morgan fingerprint density at radius 3 is 2.48 bits per heavy atom. The number of carbonyl (C=O) groups excluding carboxylic acids is 1. The van der Waals surface area contributed by atoms with Crippen LogP contribution in [0.1, 0.15) is 15.9 Å². The lowest BCUT2D eigenvalue weighted by atomic mass is 10.1. The van der Waals surface area contributed by atoms with E-state index in [1.54, 1.807) is 37.4 Å². The number of para-hydroxylation sites is 2. The molecule has 0 atom stereocenters. The van der Waals surface area contributed by atoms with Crippen LogP contribution in [0.3, 0.4) is 0 Å². The molecule has 7 heteroatoms. The normalized spacial score (nSPS) is 10.8. The Morgan fingerprint density at radius 2 is 1.80 bits per heavy atom. The Kier molecular flexibility index (Phi) is 5.89. The number of nitrogens with zero attached hydrogens (tertiary/aromatic N) is 2. The number of benzene rings is 2. The van der Waals surface area contributed by atoms with Crippen molar-refractivity contribution in [3.05, 3.63) is 59.7 Å². The van der Waals surface area contributed by atoms with E-state index in [1.165, 1.54) is 9.13 Å². The van der Waals surface area contributed by atoms with Gasteiger partial charge in [0.15, 0.2) is 17.6 Å². The molecule has 3 aromatic rings. The molecule has 0 bridgehead atoms. The van der Waals surface area contributed by atoms with Crippen LogP contribution in [0, 0.1) is 6.92 Å². The minimum atomic E-state index is -2.96. The van der Waals surface area contributed by atoms with Crippen LogP contribution < -0.4 is 26.3 Å². The van der Waals surface area contributed by atoms with Crippen molar-refractivity contribution in [2.75, 3.05) is 0 Å². The Bertz CT molecular complexity index is 909. The van der Waals surface area contributed by atoms with Gasteiger partial charge in [-0.05, 0) is 24.6 Å². The van der Waals surface area contributed by atoms with E-state index in [-0.39, 0.29) is 35.3 Å². The molecule has 25 heavy (non-hydrogen) atoms. The summed E-state index contributed by atoms with van der Waals surface area (Å²) < 4.78 is 33.3. The van der Waals surface area contributed by atoms with Gasteiger partial charge in [-0.1, -0.05) is 36.4 Å².